The first-order valence-electron chi connectivity index (χ1n) is 11.4. The number of rotatable bonds is 6. The summed E-state index contributed by atoms with van der Waals surface area (Å²) in [5.74, 6) is 0.0701. The molecule has 5 aromatic rings. The monoisotopic (exact) mass is 485 g/mol. The molecule has 9 heteroatoms. The van der Waals surface area contributed by atoms with Crippen molar-refractivity contribution in [3.8, 4) is 17.0 Å². The average Bonchev–Trinajstić information content (AvgIpc) is 3.39. The van der Waals surface area contributed by atoms with Crippen LogP contribution in [-0.2, 0) is 6.54 Å². The van der Waals surface area contributed by atoms with Crippen LogP contribution in [0.1, 0.15) is 33.0 Å². The standard InChI is InChI=1S/C27H24FN5O3/c1-15-12-22(23-25(32-36-27(23)29-15)19-8-10-21(35-4)11-9-19)26(34)30-24-16(2)31-33(17(24)3)14-18-6-5-7-20(28)13-18/h5-13H,14H2,1-4H3,(H,30,34). The summed E-state index contributed by atoms with van der Waals surface area (Å²) in [7, 11) is 1.60. The van der Waals surface area contributed by atoms with E-state index in [4.69, 9.17) is 9.26 Å². The molecule has 5 rings (SSSR count). The first kappa shape index (κ1) is 23.2. The van der Waals surface area contributed by atoms with Gasteiger partial charge in [-0.3, -0.25) is 9.48 Å². The number of aryl methyl sites for hydroxylation is 2. The molecule has 0 saturated heterocycles. The lowest BCUT2D eigenvalue weighted by atomic mass is 10.0. The molecular weight excluding hydrogens is 461 g/mol. The van der Waals surface area contributed by atoms with Crippen LogP contribution in [0.3, 0.4) is 0 Å². The number of carbonyl (C=O) groups excluding carboxylic acids is 1. The number of benzene rings is 2. The summed E-state index contributed by atoms with van der Waals surface area (Å²) in [6.45, 7) is 5.86. The SMILES string of the molecule is COc1ccc(-c2noc3nc(C)cc(C(=O)Nc4c(C)nn(Cc5cccc(F)c5)c4C)c23)cc1. The number of fused-ring (bicyclic) bond motifs is 1. The smallest absolute Gasteiger partial charge is 0.259 e. The van der Waals surface area contributed by atoms with E-state index in [-0.39, 0.29) is 17.4 Å². The van der Waals surface area contributed by atoms with E-state index in [0.29, 0.717) is 46.0 Å². The van der Waals surface area contributed by atoms with Crippen LogP contribution in [0.25, 0.3) is 22.4 Å². The van der Waals surface area contributed by atoms with Crippen molar-refractivity contribution < 1.29 is 18.4 Å². The quantitative estimate of drug-likeness (QED) is 0.343. The zero-order valence-electron chi connectivity index (χ0n) is 20.3. The second-order valence-corrected chi connectivity index (χ2v) is 8.54. The predicted molar refractivity (Wildman–Crippen MR) is 134 cm³/mol. The molecule has 0 aliphatic rings. The van der Waals surface area contributed by atoms with Gasteiger partial charge in [0.2, 0.25) is 0 Å². The van der Waals surface area contributed by atoms with Crippen LogP contribution in [0.15, 0.2) is 59.1 Å². The number of methoxy groups -OCH3 is 1. The van der Waals surface area contributed by atoms with E-state index in [1.165, 1.54) is 12.1 Å². The maximum absolute atomic E-state index is 13.6. The molecule has 0 saturated carbocycles. The highest BCUT2D eigenvalue weighted by Crippen LogP contribution is 2.32. The molecule has 0 aliphatic carbocycles. The minimum atomic E-state index is -0.333. The van der Waals surface area contributed by atoms with E-state index in [0.717, 1.165) is 16.8 Å². The molecule has 0 aliphatic heterocycles. The second kappa shape index (κ2) is 9.26. The lowest BCUT2D eigenvalue weighted by Crippen LogP contribution is -2.14. The zero-order valence-corrected chi connectivity index (χ0v) is 20.3. The maximum atomic E-state index is 13.6. The molecule has 0 radical (unpaired) electrons. The lowest BCUT2D eigenvalue weighted by Gasteiger charge is -2.09. The van der Waals surface area contributed by atoms with Crippen LogP contribution in [-0.4, -0.2) is 32.9 Å². The molecule has 36 heavy (non-hydrogen) atoms. The van der Waals surface area contributed by atoms with Crippen molar-refractivity contribution >= 4 is 22.7 Å². The van der Waals surface area contributed by atoms with Gasteiger partial charge in [-0.2, -0.15) is 5.10 Å². The number of nitrogens with one attached hydrogen (secondary N) is 1. The van der Waals surface area contributed by atoms with Crippen LogP contribution < -0.4 is 10.1 Å². The summed E-state index contributed by atoms with van der Waals surface area (Å²) in [5, 5.41) is 12.3. The first-order chi connectivity index (χ1) is 17.3. The summed E-state index contributed by atoms with van der Waals surface area (Å²) in [6, 6.07) is 15.4. The van der Waals surface area contributed by atoms with Gasteiger partial charge >= 0.3 is 0 Å². The van der Waals surface area contributed by atoms with Gasteiger partial charge in [-0.05, 0) is 68.8 Å². The summed E-state index contributed by atoms with van der Waals surface area (Å²) < 4.78 is 26.1. The minimum Gasteiger partial charge on any atom is -0.497 e. The van der Waals surface area contributed by atoms with Crippen LogP contribution >= 0.6 is 0 Å². The van der Waals surface area contributed by atoms with Crippen molar-refractivity contribution in [2.45, 2.75) is 27.3 Å². The summed E-state index contributed by atoms with van der Waals surface area (Å²) in [4.78, 5) is 18.0. The van der Waals surface area contributed by atoms with Crippen LogP contribution in [0.4, 0.5) is 10.1 Å². The highest BCUT2D eigenvalue weighted by Gasteiger charge is 2.23. The van der Waals surface area contributed by atoms with Crippen LogP contribution in [0.5, 0.6) is 5.75 Å². The fourth-order valence-corrected chi connectivity index (χ4v) is 4.22. The van der Waals surface area contributed by atoms with Crippen LogP contribution in [0.2, 0.25) is 0 Å². The lowest BCUT2D eigenvalue weighted by molar-refractivity contribution is 0.102. The fraction of sp³-hybridized carbons (Fsp3) is 0.185. The maximum Gasteiger partial charge on any atom is 0.259 e. The Bertz CT molecular complexity index is 1590. The number of halogens is 1. The Morgan fingerprint density at radius 1 is 1.11 bits per heavy atom. The number of ether oxygens (including phenoxy) is 1. The van der Waals surface area contributed by atoms with Crippen LogP contribution in [0, 0.1) is 26.6 Å². The minimum absolute atomic E-state index is 0.279. The number of pyridine rings is 1. The normalized spacial score (nSPS) is 11.1. The molecule has 182 valence electrons. The molecule has 0 fully saturated rings. The molecule has 0 bridgehead atoms. The molecule has 0 spiro atoms. The number of hydrogen-bond donors (Lipinski definition) is 1. The van der Waals surface area contributed by atoms with Gasteiger partial charge in [-0.25, -0.2) is 9.37 Å². The number of carbonyl (C=O) groups is 1. The Labute approximate surface area is 206 Å². The Hall–Kier alpha value is -4.53. The molecule has 0 unspecified atom stereocenters. The van der Waals surface area contributed by atoms with E-state index in [1.807, 2.05) is 44.2 Å². The Morgan fingerprint density at radius 2 is 1.89 bits per heavy atom. The van der Waals surface area contributed by atoms with E-state index in [1.54, 1.807) is 30.8 Å². The van der Waals surface area contributed by atoms with Gasteiger partial charge in [0, 0.05) is 11.3 Å². The van der Waals surface area contributed by atoms with Gasteiger partial charge in [0.15, 0.2) is 0 Å². The van der Waals surface area contributed by atoms with Gasteiger partial charge in [0.05, 0.1) is 41.7 Å². The topological polar surface area (TPSA) is 95.1 Å². The van der Waals surface area contributed by atoms with Crippen molar-refractivity contribution in [3.05, 3.63) is 88.6 Å². The van der Waals surface area contributed by atoms with Crippen molar-refractivity contribution in [1.29, 1.82) is 0 Å². The number of amides is 1. The van der Waals surface area contributed by atoms with Gasteiger partial charge in [0.1, 0.15) is 17.3 Å². The number of anilines is 1. The van der Waals surface area contributed by atoms with Gasteiger partial charge in [-0.15, -0.1) is 0 Å². The number of hydrogen-bond acceptors (Lipinski definition) is 6. The highest BCUT2D eigenvalue weighted by atomic mass is 19.1. The first-order valence-corrected chi connectivity index (χ1v) is 11.4. The van der Waals surface area contributed by atoms with Crippen molar-refractivity contribution in [2.24, 2.45) is 0 Å². The van der Waals surface area contributed by atoms with Gasteiger partial charge in [-0.1, -0.05) is 17.3 Å². The Kier molecular flexibility index (Phi) is 5.97. The number of nitrogens with zero attached hydrogens (tertiary/aromatic N) is 4. The summed E-state index contributed by atoms with van der Waals surface area (Å²) >= 11 is 0. The van der Waals surface area contributed by atoms with E-state index in [9.17, 15) is 9.18 Å². The van der Waals surface area contributed by atoms with Crippen molar-refractivity contribution in [3.63, 3.8) is 0 Å². The third-order valence-electron chi connectivity index (χ3n) is 6.02. The highest BCUT2D eigenvalue weighted by molar-refractivity contribution is 6.15. The molecular formula is C27H24FN5O3. The summed E-state index contributed by atoms with van der Waals surface area (Å²) in [5.41, 5.74) is 5.36. The van der Waals surface area contributed by atoms with E-state index < -0.39 is 0 Å². The van der Waals surface area contributed by atoms with E-state index in [2.05, 4.69) is 20.6 Å². The van der Waals surface area contributed by atoms with Gasteiger partial charge in [0.25, 0.3) is 11.6 Å². The third-order valence-corrected chi connectivity index (χ3v) is 6.02. The molecule has 0 atom stereocenters. The molecule has 2 aromatic carbocycles. The number of aromatic nitrogens is 4. The largest absolute Gasteiger partial charge is 0.497 e. The average molecular weight is 486 g/mol. The van der Waals surface area contributed by atoms with Crippen molar-refractivity contribution in [2.75, 3.05) is 12.4 Å². The second-order valence-electron chi connectivity index (χ2n) is 8.54. The Balaban J connectivity index is 1.50. The molecule has 8 nitrogen and oxygen atoms in total. The fourth-order valence-electron chi connectivity index (χ4n) is 4.22. The van der Waals surface area contributed by atoms with Gasteiger partial charge < -0.3 is 14.6 Å². The zero-order chi connectivity index (χ0) is 25.4. The summed E-state index contributed by atoms with van der Waals surface area (Å²) in [6.07, 6.45) is 0. The predicted octanol–water partition coefficient (Wildman–Crippen LogP) is 5.46. The molecule has 1 N–H and O–H groups in total. The third kappa shape index (κ3) is 4.31. The molecule has 3 aromatic heterocycles. The van der Waals surface area contributed by atoms with E-state index >= 15 is 0 Å². The Morgan fingerprint density at radius 3 is 2.61 bits per heavy atom. The molecule has 1 amide bonds. The molecule has 3 heterocycles. The van der Waals surface area contributed by atoms with Crippen molar-refractivity contribution in [1.82, 2.24) is 19.9 Å².